The van der Waals surface area contributed by atoms with E-state index in [0.717, 1.165) is 30.0 Å². The van der Waals surface area contributed by atoms with Crippen LogP contribution in [0.5, 0.6) is 5.75 Å². The lowest BCUT2D eigenvalue weighted by Gasteiger charge is -2.15. The standard InChI is InChI=1S/C17H15N2O/c1-20-17-8-4-6-13-9-10-19(12-15(13)17)16-7-3-2-5-14(16)11-18/h2-8,12H,9-10H2,1H3/q+1. The Bertz CT molecular complexity index is 726. The van der Waals surface area contributed by atoms with Crippen LogP contribution in [-0.2, 0) is 6.42 Å². The van der Waals surface area contributed by atoms with Gasteiger partial charge in [0.2, 0.25) is 5.69 Å². The number of hydrogen-bond donors (Lipinski definition) is 0. The number of ether oxygens (including phenoxy) is 1. The van der Waals surface area contributed by atoms with E-state index in [4.69, 9.17) is 4.74 Å². The van der Waals surface area contributed by atoms with Gasteiger partial charge in [0.1, 0.15) is 17.4 Å². The number of benzene rings is 2. The quantitative estimate of drug-likeness (QED) is 0.781. The van der Waals surface area contributed by atoms with Crippen LogP contribution in [0.4, 0.5) is 5.69 Å². The molecule has 1 aliphatic heterocycles. The summed E-state index contributed by atoms with van der Waals surface area (Å²) >= 11 is 0. The van der Waals surface area contributed by atoms with Crippen LogP contribution in [0.1, 0.15) is 16.7 Å². The average Bonchev–Trinajstić information content (AvgIpc) is 2.53. The topological polar surface area (TPSA) is 36.0 Å². The van der Waals surface area contributed by atoms with Crippen molar-refractivity contribution in [2.24, 2.45) is 0 Å². The van der Waals surface area contributed by atoms with Gasteiger partial charge in [-0.2, -0.15) is 9.84 Å². The van der Waals surface area contributed by atoms with E-state index in [-0.39, 0.29) is 0 Å². The minimum atomic E-state index is 0.696. The Kier molecular flexibility index (Phi) is 3.22. The highest BCUT2D eigenvalue weighted by molar-refractivity contribution is 5.84. The first-order valence-corrected chi connectivity index (χ1v) is 6.60. The van der Waals surface area contributed by atoms with Gasteiger partial charge in [-0.3, -0.25) is 0 Å². The first-order valence-electron chi connectivity index (χ1n) is 6.60. The molecule has 1 heterocycles. The predicted molar refractivity (Wildman–Crippen MR) is 77.8 cm³/mol. The molecule has 98 valence electrons. The first kappa shape index (κ1) is 12.4. The molecule has 3 rings (SSSR count). The Morgan fingerprint density at radius 3 is 2.80 bits per heavy atom. The summed E-state index contributed by atoms with van der Waals surface area (Å²) in [6, 6.07) is 16.0. The zero-order chi connectivity index (χ0) is 13.9. The fraction of sp³-hybridized carbons (Fsp3) is 0.176. The minimum Gasteiger partial charge on any atom is -0.496 e. The monoisotopic (exact) mass is 263 g/mol. The molecular formula is C17H15N2O+. The van der Waals surface area contributed by atoms with E-state index in [1.165, 1.54) is 5.56 Å². The van der Waals surface area contributed by atoms with Gasteiger partial charge >= 0.3 is 0 Å². The Morgan fingerprint density at radius 1 is 1.15 bits per heavy atom. The summed E-state index contributed by atoms with van der Waals surface area (Å²) in [4.78, 5) is 0. The molecule has 2 aromatic rings. The van der Waals surface area contributed by atoms with Crippen molar-refractivity contribution < 1.29 is 9.31 Å². The van der Waals surface area contributed by atoms with E-state index < -0.39 is 0 Å². The Morgan fingerprint density at radius 2 is 2.00 bits per heavy atom. The number of rotatable bonds is 2. The van der Waals surface area contributed by atoms with Gasteiger partial charge in [0, 0.05) is 12.5 Å². The van der Waals surface area contributed by atoms with Gasteiger partial charge in [-0.25, -0.2) is 0 Å². The Hall–Kier alpha value is -2.60. The van der Waals surface area contributed by atoms with Crippen molar-refractivity contribution in [2.45, 2.75) is 6.42 Å². The van der Waals surface area contributed by atoms with Crippen molar-refractivity contribution in [1.82, 2.24) is 0 Å². The molecule has 20 heavy (non-hydrogen) atoms. The zero-order valence-electron chi connectivity index (χ0n) is 11.3. The highest BCUT2D eigenvalue weighted by atomic mass is 16.5. The molecule has 0 aromatic heterocycles. The van der Waals surface area contributed by atoms with Crippen LogP contribution in [-0.4, -0.2) is 24.4 Å². The van der Waals surface area contributed by atoms with Gasteiger partial charge in [0.15, 0.2) is 12.8 Å². The van der Waals surface area contributed by atoms with Crippen LogP contribution >= 0.6 is 0 Å². The van der Waals surface area contributed by atoms with E-state index in [1.54, 1.807) is 7.11 Å². The lowest BCUT2D eigenvalue weighted by Crippen LogP contribution is -2.20. The molecule has 0 unspecified atom stereocenters. The predicted octanol–water partition coefficient (Wildman–Crippen LogP) is 2.89. The smallest absolute Gasteiger partial charge is 0.223 e. The van der Waals surface area contributed by atoms with E-state index in [2.05, 4.69) is 22.9 Å². The lowest BCUT2D eigenvalue weighted by atomic mass is 10.0. The minimum absolute atomic E-state index is 0.696. The molecule has 1 aliphatic rings. The van der Waals surface area contributed by atoms with Crippen molar-refractivity contribution in [3.63, 3.8) is 0 Å². The third-order valence-corrected chi connectivity index (χ3v) is 3.62. The van der Waals surface area contributed by atoms with E-state index in [9.17, 15) is 5.26 Å². The van der Waals surface area contributed by atoms with Crippen molar-refractivity contribution in [3.05, 3.63) is 59.2 Å². The summed E-state index contributed by atoms with van der Waals surface area (Å²) in [7, 11) is 1.69. The second-order valence-corrected chi connectivity index (χ2v) is 4.73. The van der Waals surface area contributed by atoms with Crippen LogP contribution in [0.2, 0.25) is 0 Å². The third kappa shape index (κ3) is 2.06. The van der Waals surface area contributed by atoms with E-state index in [1.807, 2.05) is 36.4 Å². The van der Waals surface area contributed by atoms with Crippen LogP contribution in [0, 0.1) is 11.3 Å². The summed E-state index contributed by atoms with van der Waals surface area (Å²) in [5, 5.41) is 9.23. The molecule has 0 saturated carbocycles. The maximum atomic E-state index is 9.23. The maximum absolute atomic E-state index is 9.23. The zero-order valence-corrected chi connectivity index (χ0v) is 11.3. The number of fused-ring (bicyclic) bond motifs is 1. The molecule has 0 aliphatic carbocycles. The van der Waals surface area contributed by atoms with Gasteiger partial charge in [0.25, 0.3) is 0 Å². The van der Waals surface area contributed by atoms with Gasteiger partial charge in [-0.05, 0) is 17.7 Å². The molecule has 3 heteroatoms. The number of nitriles is 1. The van der Waals surface area contributed by atoms with Crippen molar-refractivity contribution >= 4 is 11.9 Å². The molecule has 0 radical (unpaired) electrons. The van der Waals surface area contributed by atoms with Crippen molar-refractivity contribution in [1.29, 1.82) is 5.26 Å². The SMILES string of the molecule is COc1cccc2c1C=[N+](c1ccccc1C#N)CC2. The second kappa shape index (κ2) is 5.18. The van der Waals surface area contributed by atoms with Crippen molar-refractivity contribution in [3.8, 4) is 11.8 Å². The molecule has 0 bridgehead atoms. The molecule has 2 aromatic carbocycles. The van der Waals surface area contributed by atoms with E-state index in [0.29, 0.717) is 5.56 Å². The van der Waals surface area contributed by atoms with Gasteiger partial charge in [-0.15, -0.1) is 0 Å². The van der Waals surface area contributed by atoms with Crippen molar-refractivity contribution in [2.75, 3.05) is 13.7 Å². The highest BCUT2D eigenvalue weighted by Gasteiger charge is 2.22. The molecule has 0 saturated heterocycles. The highest BCUT2D eigenvalue weighted by Crippen LogP contribution is 2.26. The normalized spacial score (nSPS) is 13.1. The average molecular weight is 263 g/mol. The van der Waals surface area contributed by atoms with Crippen LogP contribution in [0.3, 0.4) is 0 Å². The molecule has 0 atom stereocenters. The lowest BCUT2D eigenvalue weighted by molar-refractivity contribution is -0.436. The summed E-state index contributed by atoms with van der Waals surface area (Å²) in [5.74, 6) is 0.877. The molecule has 0 spiro atoms. The van der Waals surface area contributed by atoms with Gasteiger partial charge < -0.3 is 4.74 Å². The number of nitrogens with zero attached hydrogens (tertiary/aromatic N) is 2. The van der Waals surface area contributed by atoms with Crippen LogP contribution in [0.15, 0.2) is 42.5 Å². The van der Waals surface area contributed by atoms with Crippen LogP contribution in [0.25, 0.3) is 0 Å². The van der Waals surface area contributed by atoms with E-state index >= 15 is 0 Å². The molecule has 0 fully saturated rings. The Labute approximate surface area is 118 Å². The first-order chi connectivity index (χ1) is 9.83. The largest absolute Gasteiger partial charge is 0.496 e. The summed E-state index contributed by atoms with van der Waals surface area (Å²) < 4.78 is 7.56. The number of para-hydroxylation sites is 1. The third-order valence-electron chi connectivity index (χ3n) is 3.62. The summed E-state index contributed by atoms with van der Waals surface area (Å²) in [5.41, 5.74) is 4.04. The summed E-state index contributed by atoms with van der Waals surface area (Å²) in [6.45, 7) is 0.874. The molecule has 0 N–H and O–H groups in total. The maximum Gasteiger partial charge on any atom is 0.223 e. The van der Waals surface area contributed by atoms with Crippen LogP contribution < -0.4 is 4.74 Å². The number of hydrogen-bond acceptors (Lipinski definition) is 2. The molecular weight excluding hydrogens is 248 g/mol. The summed E-state index contributed by atoms with van der Waals surface area (Å²) in [6.07, 6.45) is 3.02. The molecule has 3 nitrogen and oxygen atoms in total. The number of methoxy groups -OCH3 is 1. The Balaban J connectivity index is 2.13. The molecule has 0 amide bonds. The fourth-order valence-corrected chi connectivity index (χ4v) is 2.60. The second-order valence-electron chi connectivity index (χ2n) is 4.73. The van der Waals surface area contributed by atoms with Gasteiger partial charge in [-0.1, -0.05) is 24.3 Å². The van der Waals surface area contributed by atoms with Gasteiger partial charge in [0.05, 0.1) is 12.7 Å². The fourth-order valence-electron chi connectivity index (χ4n) is 2.60.